The Balaban J connectivity index is 1.30. The van der Waals surface area contributed by atoms with Crippen molar-refractivity contribution >= 4 is 17.5 Å². The fourth-order valence-electron chi connectivity index (χ4n) is 5.07. The van der Waals surface area contributed by atoms with Crippen LogP contribution < -0.4 is 4.90 Å². The number of likely N-dealkylation sites (tertiary alicyclic amines) is 1. The number of carbonyl (C=O) groups excluding carboxylic acids is 2. The van der Waals surface area contributed by atoms with Crippen molar-refractivity contribution in [1.82, 2.24) is 19.7 Å². The first kappa shape index (κ1) is 19.3. The van der Waals surface area contributed by atoms with E-state index < -0.39 is 0 Å². The van der Waals surface area contributed by atoms with Crippen LogP contribution in [0.4, 0.5) is 5.69 Å². The Labute approximate surface area is 177 Å². The summed E-state index contributed by atoms with van der Waals surface area (Å²) in [6.45, 7) is 3.24. The quantitative estimate of drug-likeness (QED) is 0.784. The minimum absolute atomic E-state index is 0.0644. The van der Waals surface area contributed by atoms with Gasteiger partial charge >= 0.3 is 0 Å². The van der Waals surface area contributed by atoms with E-state index in [1.54, 1.807) is 0 Å². The largest absolute Gasteiger partial charge is 0.338 e. The highest BCUT2D eigenvalue weighted by atomic mass is 16.2. The number of aryl methyl sites for hydroxylation is 1. The number of piperidine rings is 1. The summed E-state index contributed by atoms with van der Waals surface area (Å²) in [5.41, 5.74) is 1.57. The molecule has 2 saturated heterocycles. The van der Waals surface area contributed by atoms with Gasteiger partial charge in [0, 0.05) is 56.2 Å². The van der Waals surface area contributed by atoms with Gasteiger partial charge in [0.1, 0.15) is 11.6 Å². The summed E-state index contributed by atoms with van der Waals surface area (Å²) in [5, 5.41) is 8.98. The van der Waals surface area contributed by atoms with Gasteiger partial charge in [-0.3, -0.25) is 9.59 Å². The molecular weight excluding hydrogens is 378 g/mol. The first-order valence-electron chi connectivity index (χ1n) is 11.3. The van der Waals surface area contributed by atoms with E-state index in [4.69, 9.17) is 0 Å². The lowest BCUT2D eigenvalue weighted by Gasteiger charge is -2.32. The van der Waals surface area contributed by atoms with E-state index in [1.165, 1.54) is 19.3 Å². The van der Waals surface area contributed by atoms with Crippen molar-refractivity contribution in [3.8, 4) is 0 Å². The molecule has 3 aliphatic heterocycles. The standard InChI is InChI=1S/C23H29N5O2/c29-21-8-5-15-27(21)19-11-9-17(10-12-19)23(30)26-13-4-6-18(16-26)22-25-24-20-7-2-1-3-14-28(20)22/h9-12,18H,1-8,13-16H2. The predicted octanol–water partition coefficient (Wildman–Crippen LogP) is 3.15. The van der Waals surface area contributed by atoms with Crippen molar-refractivity contribution in [2.45, 2.75) is 63.8 Å². The molecule has 0 aliphatic carbocycles. The van der Waals surface area contributed by atoms with Crippen molar-refractivity contribution in [2.75, 3.05) is 24.5 Å². The second-order valence-electron chi connectivity index (χ2n) is 8.72. The van der Waals surface area contributed by atoms with Gasteiger partial charge in [-0.05, 0) is 56.4 Å². The second kappa shape index (κ2) is 8.20. The molecule has 2 amide bonds. The van der Waals surface area contributed by atoms with E-state index in [0.29, 0.717) is 18.5 Å². The molecule has 1 atom stereocenters. The van der Waals surface area contributed by atoms with Gasteiger partial charge < -0.3 is 14.4 Å². The van der Waals surface area contributed by atoms with Crippen LogP contribution in [0.15, 0.2) is 24.3 Å². The minimum atomic E-state index is 0.0644. The molecule has 3 aliphatic rings. The number of fused-ring (bicyclic) bond motifs is 1. The molecule has 1 aromatic heterocycles. The smallest absolute Gasteiger partial charge is 0.253 e. The number of nitrogens with zero attached hydrogens (tertiary/aromatic N) is 5. The number of amides is 2. The van der Waals surface area contributed by atoms with Gasteiger partial charge in [0.15, 0.2) is 0 Å². The van der Waals surface area contributed by atoms with Gasteiger partial charge in [-0.1, -0.05) is 6.42 Å². The molecule has 0 saturated carbocycles. The van der Waals surface area contributed by atoms with Crippen molar-refractivity contribution in [3.63, 3.8) is 0 Å². The van der Waals surface area contributed by atoms with E-state index in [1.807, 2.05) is 34.1 Å². The Hall–Kier alpha value is -2.70. The topological polar surface area (TPSA) is 71.3 Å². The van der Waals surface area contributed by atoms with E-state index >= 15 is 0 Å². The fourth-order valence-corrected chi connectivity index (χ4v) is 5.07. The Bertz CT molecular complexity index is 936. The van der Waals surface area contributed by atoms with Crippen LogP contribution in [0.5, 0.6) is 0 Å². The summed E-state index contributed by atoms with van der Waals surface area (Å²) in [6, 6.07) is 7.51. The van der Waals surface area contributed by atoms with Crippen LogP contribution in [0.25, 0.3) is 0 Å². The molecular formula is C23H29N5O2. The molecule has 0 N–H and O–H groups in total. The normalized spacial score (nSPS) is 22.1. The van der Waals surface area contributed by atoms with Crippen LogP contribution in [0.2, 0.25) is 0 Å². The monoisotopic (exact) mass is 407 g/mol. The number of rotatable bonds is 3. The zero-order valence-electron chi connectivity index (χ0n) is 17.4. The Morgan fingerprint density at radius 1 is 0.900 bits per heavy atom. The summed E-state index contributed by atoms with van der Waals surface area (Å²) in [7, 11) is 0. The molecule has 0 radical (unpaired) electrons. The maximum absolute atomic E-state index is 13.2. The lowest BCUT2D eigenvalue weighted by Crippen LogP contribution is -2.39. The third kappa shape index (κ3) is 3.61. The average Bonchev–Trinajstić information content (AvgIpc) is 3.32. The van der Waals surface area contributed by atoms with Crippen LogP contribution >= 0.6 is 0 Å². The van der Waals surface area contributed by atoms with Crippen LogP contribution in [-0.4, -0.2) is 51.1 Å². The van der Waals surface area contributed by atoms with Crippen LogP contribution in [0.1, 0.15) is 72.9 Å². The SMILES string of the molecule is O=C(c1ccc(N2CCCC2=O)cc1)N1CCCC(c2nnc3n2CCCCC3)C1. The van der Waals surface area contributed by atoms with Crippen molar-refractivity contribution in [1.29, 1.82) is 0 Å². The number of hydrogen-bond acceptors (Lipinski definition) is 4. The molecule has 2 fully saturated rings. The number of carbonyl (C=O) groups is 2. The highest BCUT2D eigenvalue weighted by molar-refractivity contribution is 5.97. The zero-order valence-corrected chi connectivity index (χ0v) is 17.4. The minimum Gasteiger partial charge on any atom is -0.338 e. The Morgan fingerprint density at radius 3 is 2.57 bits per heavy atom. The maximum atomic E-state index is 13.2. The van der Waals surface area contributed by atoms with Gasteiger partial charge in [-0.25, -0.2) is 0 Å². The van der Waals surface area contributed by atoms with Crippen molar-refractivity contribution < 1.29 is 9.59 Å². The van der Waals surface area contributed by atoms with Gasteiger partial charge in [0.05, 0.1) is 0 Å². The van der Waals surface area contributed by atoms with E-state index in [-0.39, 0.29) is 17.7 Å². The molecule has 7 nitrogen and oxygen atoms in total. The summed E-state index contributed by atoms with van der Waals surface area (Å²) < 4.78 is 2.31. The van der Waals surface area contributed by atoms with E-state index in [9.17, 15) is 9.59 Å². The third-order valence-corrected chi connectivity index (χ3v) is 6.71. The fraction of sp³-hybridized carbons (Fsp3) is 0.565. The first-order valence-corrected chi connectivity index (χ1v) is 11.3. The molecule has 30 heavy (non-hydrogen) atoms. The predicted molar refractivity (Wildman–Crippen MR) is 113 cm³/mol. The number of hydrogen-bond donors (Lipinski definition) is 0. The van der Waals surface area contributed by atoms with Crippen molar-refractivity contribution in [3.05, 3.63) is 41.5 Å². The number of benzene rings is 1. The summed E-state index contributed by atoms with van der Waals surface area (Å²) >= 11 is 0. The lowest BCUT2D eigenvalue weighted by molar-refractivity contribution is -0.117. The summed E-state index contributed by atoms with van der Waals surface area (Å²) in [4.78, 5) is 28.9. The molecule has 158 valence electrons. The molecule has 4 heterocycles. The van der Waals surface area contributed by atoms with Gasteiger partial charge in [0.2, 0.25) is 5.91 Å². The Morgan fingerprint density at radius 2 is 1.77 bits per heavy atom. The second-order valence-corrected chi connectivity index (χ2v) is 8.72. The van der Waals surface area contributed by atoms with E-state index in [2.05, 4.69) is 14.8 Å². The highest BCUT2D eigenvalue weighted by Crippen LogP contribution is 2.29. The Kier molecular flexibility index (Phi) is 5.27. The molecule has 5 rings (SSSR count). The lowest BCUT2D eigenvalue weighted by atomic mass is 9.96. The number of aromatic nitrogens is 3. The summed E-state index contributed by atoms with van der Waals surface area (Å²) in [5.74, 6) is 2.66. The maximum Gasteiger partial charge on any atom is 0.253 e. The van der Waals surface area contributed by atoms with Gasteiger partial charge in [-0.15, -0.1) is 10.2 Å². The molecule has 0 bridgehead atoms. The average molecular weight is 408 g/mol. The van der Waals surface area contributed by atoms with Gasteiger partial charge in [0.25, 0.3) is 5.91 Å². The van der Waals surface area contributed by atoms with Crippen LogP contribution in [-0.2, 0) is 17.8 Å². The van der Waals surface area contributed by atoms with Crippen molar-refractivity contribution in [2.24, 2.45) is 0 Å². The van der Waals surface area contributed by atoms with E-state index in [0.717, 1.165) is 62.7 Å². The van der Waals surface area contributed by atoms with Crippen LogP contribution in [0.3, 0.4) is 0 Å². The highest BCUT2D eigenvalue weighted by Gasteiger charge is 2.30. The zero-order chi connectivity index (χ0) is 20.5. The molecule has 2 aromatic rings. The van der Waals surface area contributed by atoms with Gasteiger partial charge in [-0.2, -0.15) is 0 Å². The molecule has 1 unspecified atom stereocenters. The molecule has 1 aromatic carbocycles. The molecule has 0 spiro atoms. The van der Waals surface area contributed by atoms with Crippen LogP contribution in [0, 0.1) is 0 Å². The molecule has 7 heteroatoms. The number of anilines is 1. The first-order chi connectivity index (χ1) is 14.7. The summed E-state index contributed by atoms with van der Waals surface area (Å²) in [6.07, 6.45) is 8.18. The third-order valence-electron chi connectivity index (χ3n) is 6.71.